The van der Waals surface area contributed by atoms with E-state index in [0.717, 1.165) is 0 Å². The molecule has 0 aliphatic rings. The number of ether oxygens (including phenoxy) is 6. The number of benzene rings is 3. The van der Waals surface area contributed by atoms with E-state index in [1.807, 2.05) is 13.8 Å². The molecular formula is C36H37IO14. The molecule has 3 rings (SSSR count). The molecule has 0 aliphatic carbocycles. The maximum absolute atomic E-state index is 12.4. The van der Waals surface area contributed by atoms with Gasteiger partial charge in [-0.3, -0.25) is 0 Å². The summed E-state index contributed by atoms with van der Waals surface area (Å²) in [5.41, 5.74) is 0.757. The standard InChI is InChI=1S/C34H31IO14.C2H6/c1-22(2)29(36)46-27-14-10-24(11-15-27)31(38)42-18-20-44-33(40)48-35(26-8-6-5-7-9-26)49-34(41)45-21-19-43-32(39)25-12-16-28(17-13-25)47-30(37)23(3)4;1-2/h5-17H,1,3,18-21H2,2,4H3;1-2H3. The predicted molar refractivity (Wildman–Crippen MR) is 190 cm³/mol. The molecule has 15 heteroatoms. The summed E-state index contributed by atoms with van der Waals surface area (Å²) < 4.78 is 41.2. The zero-order valence-electron chi connectivity index (χ0n) is 28.3. The normalized spacial score (nSPS) is 10.1. The van der Waals surface area contributed by atoms with Gasteiger partial charge in [-0.2, -0.15) is 0 Å². The van der Waals surface area contributed by atoms with Crippen LogP contribution in [0.5, 0.6) is 11.5 Å². The van der Waals surface area contributed by atoms with Gasteiger partial charge in [-0.05, 0) is 13.8 Å². The molecular weight excluding hydrogens is 783 g/mol. The van der Waals surface area contributed by atoms with Crippen molar-refractivity contribution in [3.05, 3.63) is 118 Å². The minimum absolute atomic E-state index is 0.161. The molecule has 0 N–H and O–H groups in total. The molecule has 0 fully saturated rings. The molecule has 0 heterocycles. The summed E-state index contributed by atoms with van der Waals surface area (Å²) in [7, 11) is 0. The molecule has 0 aliphatic heterocycles. The van der Waals surface area contributed by atoms with Crippen molar-refractivity contribution >= 4 is 56.8 Å². The van der Waals surface area contributed by atoms with Crippen LogP contribution in [0.25, 0.3) is 0 Å². The number of carbonyl (C=O) groups is 6. The SMILES string of the molecule is C=C(C)C(=O)Oc1ccc(C(=O)OCCOC(=O)OI(OC(=O)OCCOC(=O)c2ccc(OC(=O)C(=C)C)cc2)c2ccccc2)cc1.CC. The van der Waals surface area contributed by atoms with Gasteiger partial charge >= 0.3 is 242 Å². The monoisotopic (exact) mass is 820 g/mol. The fourth-order valence-corrected chi connectivity index (χ4v) is 5.68. The van der Waals surface area contributed by atoms with Gasteiger partial charge in [0.1, 0.15) is 0 Å². The Balaban J connectivity index is 0.00000442. The van der Waals surface area contributed by atoms with Crippen LogP contribution in [0.2, 0.25) is 0 Å². The first kappa shape index (κ1) is 41.5. The van der Waals surface area contributed by atoms with E-state index in [4.69, 9.17) is 34.6 Å². The number of rotatable bonds is 15. The molecule has 0 atom stereocenters. The maximum Gasteiger partial charge on any atom is -0.0683 e. The van der Waals surface area contributed by atoms with Crippen LogP contribution >= 0.6 is 20.6 Å². The largest absolute Gasteiger partial charge is 0.0683 e. The predicted octanol–water partition coefficient (Wildman–Crippen LogP) is 7.20. The summed E-state index contributed by atoms with van der Waals surface area (Å²) in [4.78, 5) is 72.5. The summed E-state index contributed by atoms with van der Waals surface area (Å²) >= 11 is -3.45. The zero-order valence-corrected chi connectivity index (χ0v) is 30.5. The van der Waals surface area contributed by atoms with Gasteiger partial charge in [0.05, 0.1) is 0 Å². The summed E-state index contributed by atoms with van der Waals surface area (Å²) in [6.45, 7) is 12.6. The van der Waals surface area contributed by atoms with E-state index in [0.29, 0.717) is 3.57 Å². The zero-order chi connectivity index (χ0) is 37.8. The van der Waals surface area contributed by atoms with Crippen molar-refractivity contribution in [3.63, 3.8) is 0 Å². The van der Waals surface area contributed by atoms with Crippen molar-refractivity contribution in [3.8, 4) is 11.5 Å². The third kappa shape index (κ3) is 15.2. The molecule has 3 aromatic rings. The van der Waals surface area contributed by atoms with Crippen molar-refractivity contribution in [2.75, 3.05) is 26.4 Å². The Hall–Kier alpha value is -5.71. The van der Waals surface area contributed by atoms with E-state index in [1.54, 1.807) is 30.3 Å². The third-order valence-electron chi connectivity index (χ3n) is 5.55. The van der Waals surface area contributed by atoms with Crippen LogP contribution in [0.1, 0.15) is 48.4 Å². The molecule has 0 saturated carbocycles. The van der Waals surface area contributed by atoms with Crippen LogP contribution < -0.4 is 9.47 Å². The van der Waals surface area contributed by atoms with Gasteiger partial charge in [-0.25, -0.2) is 9.59 Å². The number of carbonyl (C=O) groups excluding carboxylic acids is 6. The first-order valence-corrected chi connectivity index (χ1v) is 18.0. The van der Waals surface area contributed by atoms with E-state index in [1.165, 1.54) is 62.4 Å². The van der Waals surface area contributed by atoms with Crippen LogP contribution in [-0.2, 0) is 34.7 Å². The second kappa shape index (κ2) is 22.1. The molecule has 0 unspecified atom stereocenters. The van der Waals surface area contributed by atoms with Gasteiger partial charge in [0, 0.05) is 11.1 Å². The van der Waals surface area contributed by atoms with Gasteiger partial charge in [-0.15, -0.1) is 0 Å². The van der Waals surface area contributed by atoms with Crippen molar-refractivity contribution < 1.29 is 63.3 Å². The van der Waals surface area contributed by atoms with E-state index in [2.05, 4.69) is 13.2 Å². The minimum atomic E-state index is -3.45. The van der Waals surface area contributed by atoms with E-state index < -0.39 is 56.8 Å². The van der Waals surface area contributed by atoms with Crippen LogP contribution in [0, 0.1) is 3.57 Å². The first-order chi connectivity index (χ1) is 24.4. The van der Waals surface area contributed by atoms with E-state index in [-0.39, 0.29) is 60.2 Å². The molecule has 51 heavy (non-hydrogen) atoms. The summed E-state index contributed by atoms with van der Waals surface area (Å²) in [6, 6.07) is 19.4. The van der Waals surface area contributed by atoms with Crippen molar-refractivity contribution in [2.24, 2.45) is 0 Å². The molecule has 0 radical (unpaired) electrons. The van der Waals surface area contributed by atoms with Crippen molar-refractivity contribution in [2.45, 2.75) is 27.7 Å². The Morgan fingerprint density at radius 3 is 1.24 bits per heavy atom. The van der Waals surface area contributed by atoms with Crippen LogP contribution in [0.4, 0.5) is 9.59 Å². The van der Waals surface area contributed by atoms with Gasteiger partial charge < -0.3 is 0 Å². The molecule has 0 spiro atoms. The molecule has 0 aromatic heterocycles. The Morgan fingerprint density at radius 2 is 0.882 bits per heavy atom. The summed E-state index contributed by atoms with van der Waals surface area (Å²) in [6.07, 6.45) is -2.34. The van der Waals surface area contributed by atoms with Crippen molar-refractivity contribution in [1.82, 2.24) is 0 Å². The Labute approximate surface area is 302 Å². The maximum atomic E-state index is 12.4. The average Bonchev–Trinajstić information content (AvgIpc) is 3.13. The number of halogens is 1. The Morgan fingerprint density at radius 1 is 0.529 bits per heavy atom. The summed E-state index contributed by atoms with van der Waals surface area (Å²) in [5.74, 6) is -2.22. The Bertz CT molecular complexity index is 1560. The number of esters is 4. The quantitative estimate of drug-likeness (QED) is 0.0376. The topological polar surface area (TPSA) is 176 Å². The number of hydrogen-bond acceptors (Lipinski definition) is 14. The van der Waals surface area contributed by atoms with Gasteiger partial charge in [-0.1, -0.05) is 27.0 Å². The van der Waals surface area contributed by atoms with Gasteiger partial charge in [0.15, 0.2) is 0 Å². The first-order valence-electron chi connectivity index (χ1n) is 15.2. The molecule has 0 amide bonds. The Kier molecular flexibility index (Phi) is 18.0. The molecule has 272 valence electrons. The van der Waals surface area contributed by atoms with Crippen LogP contribution in [0.15, 0.2) is 103 Å². The van der Waals surface area contributed by atoms with Crippen LogP contribution in [0.3, 0.4) is 0 Å². The second-order valence-electron chi connectivity index (χ2n) is 9.52. The van der Waals surface area contributed by atoms with E-state index >= 15 is 0 Å². The molecule has 3 aromatic carbocycles. The fraction of sp³-hybridized carbons (Fsp3) is 0.222. The molecule has 0 bridgehead atoms. The summed E-state index contributed by atoms with van der Waals surface area (Å²) in [5, 5.41) is 0. The van der Waals surface area contributed by atoms with Gasteiger partial charge in [0.2, 0.25) is 0 Å². The smallest absolute Gasteiger partial charge is 0.0683 e. The minimum Gasteiger partial charge on any atom is -0.0683 e. The van der Waals surface area contributed by atoms with Gasteiger partial charge in [0.25, 0.3) is 0 Å². The van der Waals surface area contributed by atoms with Crippen molar-refractivity contribution in [1.29, 1.82) is 0 Å². The number of hydrogen-bond donors (Lipinski definition) is 0. The molecule has 14 nitrogen and oxygen atoms in total. The second-order valence-corrected chi connectivity index (χ2v) is 12.9. The van der Waals surface area contributed by atoms with Crippen LogP contribution in [-0.4, -0.2) is 62.6 Å². The fourth-order valence-electron chi connectivity index (χ4n) is 3.17. The average molecular weight is 821 g/mol. The third-order valence-corrected chi connectivity index (χ3v) is 8.80. The molecule has 0 saturated heterocycles. The van der Waals surface area contributed by atoms with E-state index in [9.17, 15) is 28.8 Å².